The Morgan fingerprint density at radius 1 is 0.433 bits per heavy atom. The predicted octanol–water partition coefficient (Wildman–Crippen LogP) is 11.8. The monoisotopic (exact) mass is 950 g/mol. The molecule has 0 heterocycles. The van der Waals surface area contributed by atoms with Crippen molar-refractivity contribution in [2.24, 2.45) is 0 Å². The number of halogens is 12. The second-order valence-electron chi connectivity index (χ2n) is 15.5. The third-order valence-corrected chi connectivity index (χ3v) is 12.2. The van der Waals surface area contributed by atoms with E-state index in [0.29, 0.717) is 54.1 Å². The van der Waals surface area contributed by atoms with Crippen molar-refractivity contribution < 1.29 is 61.7 Å². The van der Waals surface area contributed by atoms with Gasteiger partial charge in [-0.05, 0) is 29.2 Å². The summed E-state index contributed by atoms with van der Waals surface area (Å²) in [4.78, 5) is 12.5. The lowest BCUT2D eigenvalue weighted by Crippen LogP contribution is -2.74. The van der Waals surface area contributed by atoms with Crippen molar-refractivity contribution in [2.45, 2.75) is 24.7 Å². The smallest absolute Gasteiger partial charge is 0.289 e. The fraction of sp³-hybridized carbons (Fsp3) is 0.118. The van der Waals surface area contributed by atoms with Crippen LogP contribution in [0.5, 0.6) is 0 Å². The van der Waals surface area contributed by atoms with Gasteiger partial charge in [0.1, 0.15) is 12.4 Å². The molecule has 7 aromatic carbocycles. The van der Waals surface area contributed by atoms with Crippen molar-refractivity contribution in [1.29, 1.82) is 0 Å². The Hall–Kier alpha value is -6.86. The van der Waals surface area contributed by atoms with E-state index >= 15 is 0 Å². The highest BCUT2D eigenvalue weighted by atomic mass is 32.2. The molecule has 0 aromatic heterocycles. The number of hydrogen-bond acceptors (Lipinski definition) is 2. The molecule has 0 N–H and O–H groups in total. The zero-order valence-electron chi connectivity index (χ0n) is 34.9. The van der Waals surface area contributed by atoms with E-state index in [-0.39, 0.29) is 33.4 Å². The SMILES string of the molecule is C[S+](=O)(C#Cc1ccccc1)CC(=O)c1ccc(-c2ccccc2)cc1.FC(F)(F)c1ccc([B-](c2ccc(C(F)(F)F)cc2)(c2ccc(C(F)(F)F)cc2)c2ccc(C(F)(F)F)cc2)cc1. The van der Waals surface area contributed by atoms with Crippen LogP contribution in [0.1, 0.15) is 38.2 Å². The van der Waals surface area contributed by atoms with Gasteiger partial charge >= 0.3 is 24.7 Å². The Morgan fingerprint density at radius 3 is 1.04 bits per heavy atom. The van der Waals surface area contributed by atoms with Crippen LogP contribution in [-0.2, 0) is 38.8 Å². The van der Waals surface area contributed by atoms with Gasteiger partial charge in [0.2, 0.25) is 5.78 Å². The third kappa shape index (κ3) is 12.1. The Kier molecular flexibility index (Phi) is 14.5. The second-order valence-corrected chi connectivity index (χ2v) is 18.0. The maximum Gasteiger partial charge on any atom is 0.416 e. The average Bonchev–Trinajstić information content (AvgIpc) is 3.29. The van der Waals surface area contributed by atoms with Crippen LogP contribution in [0.4, 0.5) is 52.7 Å². The van der Waals surface area contributed by atoms with Crippen molar-refractivity contribution in [3.63, 3.8) is 0 Å². The molecular formula is C51H35BF12O2S. The molecule has 7 rings (SSSR count). The Morgan fingerprint density at radius 2 is 0.731 bits per heavy atom. The largest absolute Gasteiger partial charge is 0.416 e. The molecule has 1 unspecified atom stereocenters. The number of hydrogen-bond donors (Lipinski definition) is 0. The second kappa shape index (κ2) is 19.5. The molecule has 0 aliphatic carbocycles. The van der Waals surface area contributed by atoms with Crippen molar-refractivity contribution in [2.75, 3.05) is 12.0 Å². The minimum Gasteiger partial charge on any atom is -0.289 e. The van der Waals surface area contributed by atoms with Gasteiger partial charge in [-0.1, -0.05) is 174 Å². The topological polar surface area (TPSA) is 34.1 Å². The van der Waals surface area contributed by atoms with E-state index in [1.807, 2.05) is 72.8 Å². The molecule has 0 aliphatic rings. The lowest BCUT2D eigenvalue weighted by Gasteiger charge is -2.44. The van der Waals surface area contributed by atoms with E-state index in [0.717, 1.165) is 65.2 Å². The summed E-state index contributed by atoms with van der Waals surface area (Å²) in [7, 11) is -2.55. The number of carbonyl (C=O) groups excluding carboxylic acids is 1. The molecule has 1 atom stereocenters. The summed E-state index contributed by atoms with van der Waals surface area (Å²) in [5.41, 5.74) is -0.804. The zero-order chi connectivity index (χ0) is 48.8. The molecule has 16 heteroatoms. The van der Waals surface area contributed by atoms with Crippen molar-refractivity contribution >= 4 is 43.7 Å². The van der Waals surface area contributed by atoms with Gasteiger partial charge in [0.25, 0.3) is 0 Å². The molecule has 0 saturated heterocycles. The van der Waals surface area contributed by atoms with Gasteiger partial charge in [-0.3, -0.25) is 4.79 Å². The van der Waals surface area contributed by atoms with Crippen LogP contribution in [0, 0.1) is 11.2 Å². The highest BCUT2D eigenvalue weighted by Crippen LogP contribution is 2.33. The van der Waals surface area contributed by atoms with E-state index < -0.39 is 63.0 Å². The molecule has 0 amide bonds. The van der Waals surface area contributed by atoms with Crippen molar-refractivity contribution in [3.8, 4) is 22.3 Å². The Balaban J connectivity index is 0.000000244. The molecule has 2 nitrogen and oxygen atoms in total. The van der Waals surface area contributed by atoms with Gasteiger partial charge in [-0.15, -0.1) is 0 Å². The van der Waals surface area contributed by atoms with Gasteiger partial charge in [-0.2, -0.15) is 74.5 Å². The molecule has 344 valence electrons. The lowest BCUT2D eigenvalue weighted by atomic mass is 9.13. The van der Waals surface area contributed by atoms with E-state index in [2.05, 4.69) is 11.2 Å². The zero-order valence-corrected chi connectivity index (χ0v) is 35.7. The standard InChI is InChI=1S/C28H16BF12.C23H19O2S/c30-25(31,32)17-1-9-21(10-2-17)29(22-11-3-18(4-12-22)26(33,34)35,23-13-5-19(6-14-23)27(36,37)38)24-15-7-20(8-16-24)28(39,40)41;1-26(25,17-16-19-8-4-2-5-9-19)18-23(24)22-14-12-21(13-15-22)20-10-6-3-7-11-20/h1-16H;2-15H,18H2,1H3/q-1;+1. The van der Waals surface area contributed by atoms with E-state index in [1.54, 1.807) is 18.4 Å². The summed E-state index contributed by atoms with van der Waals surface area (Å²) in [6, 6.07) is 40.3. The Bertz CT molecular complexity index is 2650. The molecule has 0 bridgehead atoms. The van der Waals surface area contributed by atoms with Gasteiger partial charge in [-0.25, -0.2) is 0 Å². The number of rotatable bonds is 8. The van der Waals surface area contributed by atoms with Crippen LogP contribution < -0.4 is 21.9 Å². The van der Waals surface area contributed by atoms with Crippen molar-refractivity contribution in [3.05, 3.63) is 215 Å². The molecule has 0 aliphatic heterocycles. The summed E-state index contributed by atoms with van der Waals surface area (Å²) in [6.07, 6.45) is -20.5. The molecule has 0 radical (unpaired) electrons. The molecule has 7 aromatic rings. The summed E-state index contributed by atoms with van der Waals surface area (Å²) in [5, 5.41) is 2.77. The van der Waals surface area contributed by atoms with Crippen LogP contribution in [-0.4, -0.2) is 23.9 Å². The summed E-state index contributed by atoms with van der Waals surface area (Å²) < 4.78 is 173. The number of carbonyl (C=O) groups is 1. The van der Waals surface area contributed by atoms with Crippen LogP contribution in [0.25, 0.3) is 11.1 Å². The molecule has 0 saturated carbocycles. The highest BCUT2D eigenvalue weighted by molar-refractivity contribution is 8.07. The Labute approximate surface area is 378 Å². The number of benzene rings is 7. The predicted molar refractivity (Wildman–Crippen MR) is 238 cm³/mol. The normalized spacial score (nSPS) is 13.0. The molecular weight excluding hydrogens is 915 g/mol. The van der Waals surface area contributed by atoms with Crippen LogP contribution >= 0.6 is 0 Å². The number of ketones is 1. The maximum atomic E-state index is 13.3. The third-order valence-electron chi connectivity index (χ3n) is 10.9. The molecule has 0 fully saturated rings. The highest BCUT2D eigenvalue weighted by Gasteiger charge is 2.38. The van der Waals surface area contributed by atoms with E-state index in [4.69, 9.17) is 0 Å². The molecule has 0 spiro atoms. The first-order valence-corrected chi connectivity index (χ1v) is 22.1. The first-order chi connectivity index (χ1) is 31.4. The summed E-state index contributed by atoms with van der Waals surface area (Å²) >= 11 is 0. The van der Waals surface area contributed by atoms with E-state index in [1.165, 1.54) is 0 Å². The van der Waals surface area contributed by atoms with Gasteiger partial charge < -0.3 is 0 Å². The fourth-order valence-corrected chi connectivity index (χ4v) is 8.61. The minimum atomic E-state index is -4.77. The quantitative estimate of drug-likeness (QED) is 0.0500. The van der Waals surface area contributed by atoms with Gasteiger partial charge in [0.15, 0.2) is 20.9 Å². The van der Waals surface area contributed by atoms with Crippen LogP contribution in [0.3, 0.4) is 0 Å². The summed E-state index contributed by atoms with van der Waals surface area (Å²) in [6.45, 7) is 0. The van der Waals surface area contributed by atoms with Crippen LogP contribution in [0.15, 0.2) is 182 Å². The average molecular weight is 951 g/mol. The van der Waals surface area contributed by atoms with Gasteiger partial charge in [0.05, 0.1) is 22.3 Å². The first-order valence-electron chi connectivity index (χ1n) is 20.0. The fourth-order valence-electron chi connectivity index (χ4n) is 7.53. The minimum absolute atomic E-state index is 0.0114. The number of Topliss-reactive ketones (excluding diaryl/α,β-unsaturated/α-hetero) is 1. The van der Waals surface area contributed by atoms with Gasteiger partial charge in [0, 0.05) is 11.1 Å². The number of alkyl halides is 12. The van der Waals surface area contributed by atoms with Crippen molar-refractivity contribution in [1.82, 2.24) is 0 Å². The van der Waals surface area contributed by atoms with E-state index in [9.17, 15) is 61.7 Å². The molecule has 67 heavy (non-hydrogen) atoms. The van der Waals surface area contributed by atoms with Crippen LogP contribution in [0.2, 0.25) is 0 Å². The lowest BCUT2D eigenvalue weighted by molar-refractivity contribution is -0.138. The first kappa shape index (κ1) is 49.6. The summed E-state index contributed by atoms with van der Waals surface area (Å²) in [5.74, 6) is 2.67. The maximum absolute atomic E-state index is 13.3.